The molecule has 6 heteroatoms. The maximum absolute atomic E-state index is 12.4. The van der Waals surface area contributed by atoms with E-state index in [-0.39, 0.29) is 12.1 Å². The summed E-state index contributed by atoms with van der Waals surface area (Å²) in [4.78, 5) is 17.1. The maximum atomic E-state index is 12.4. The molecule has 20 heavy (non-hydrogen) atoms. The van der Waals surface area contributed by atoms with E-state index in [0.29, 0.717) is 10.9 Å². The van der Waals surface area contributed by atoms with Crippen LogP contribution in [0.3, 0.4) is 0 Å². The number of nitrogens with zero attached hydrogens (tertiary/aromatic N) is 3. The van der Waals surface area contributed by atoms with Crippen molar-refractivity contribution in [1.82, 2.24) is 10.3 Å². The normalized spacial score (nSPS) is 20.6. The second-order valence-corrected chi connectivity index (χ2v) is 5.77. The van der Waals surface area contributed by atoms with Gasteiger partial charge in [0.15, 0.2) is 5.17 Å². The number of hydrogen-bond donors (Lipinski definition) is 1. The highest BCUT2D eigenvalue weighted by Crippen LogP contribution is 2.21. The molecule has 0 aliphatic carbocycles. The van der Waals surface area contributed by atoms with Crippen LogP contribution in [0.15, 0.2) is 34.4 Å². The third-order valence-electron chi connectivity index (χ3n) is 3.24. The second-order valence-electron chi connectivity index (χ2n) is 4.52. The first-order valence-electron chi connectivity index (χ1n) is 6.73. The highest BCUT2D eigenvalue weighted by atomic mass is 32.2. The molecule has 0 radical (unpaired) electrons. The van der Waals surface area contributed by atoms with Gasteiger partial charge in [-0.2, -0.15) is 0 Å². The van der Waals surface area contributed by atoms with Crippen LogP contribution in [0.1, 0.15) is 20.3 Å². The summed E-state index contributed by atoms with van der Waals surface area (Å²) >= 11 is 1.53. The minimum Gasteiger partial charge on any atom is -0.298 e. The van der Waals surface area contributed by atoms with Gasteiger partial charge in [-0.3, -0.25) is 15.1 Å². The highest BCUT2D eigenvalue weighted by molar-refractivity contribution is 8.13. The van der Waals surface area contributed by atoms with Gasteiger partial charge < -0.3 is 0 Å². The predicted molar refractivity (Wildman–Crippen MR) is 80.3 cm³/mol. The number of amides is 1. The summed E-state index contributed by atoms with van der Waals surface area (Å²) in [5.41, 5.74) is 0.600. The first kappa shape index (κ1) is 13.2. The number of carbonyl (C=O) groups excluding carboxylic acids is 1. The van der Waals surface area contributed by atoms with Crippen molar-refractivity contribution in [2.45, 2.75) is 26.4 Å². The van der Waals surface area contributed by atoms with Gasteiger partial charge in [0.1, 0.15) is 11.9 Å². The van der Waals surface area contributed by atoms with Crippen LogP contribution in [0.5, 0.6) is 0 Å². The third-order valence-corrected chi connectivity index (χ3v) is 3.98. The van der Waals surface area contributed by atoms with Gasteiger partial charge in [0, 0.05) is 5.22 Å². The van der Waals surface area contributed by atoms with Crippen LogP contribution < -0.4 is 15.9 Å². The van der Waals surface area contributed by atoms with Gasteiger partial charge in [0.05, 0.1) is 5.36 Å². The Kier molecular flexibility index (Phi) is 3.48. The summed E-state index contributed by atoms with van der Waals surface area (Å²) in [6, 6.07) is 7.71. The van der Waals surface area contributed by atoms with Crippen molar-refractivity contribution in [3.8, 4) is 0 Å². The van der Waals surface area contributed by atoms with Crippen LogP contribution in [0.4, 0.5) is 0 Å². The monoisotopic (exact) mass is 288 g/mol. The molecule has 1 aromatic rings. The van der Waals surface area contributed by atoms with E-state index < -0.39 is 0 Å². The number of carbonyl (C=O) groups is 1. The van der Waals surface area contributed by atoms with Gasteiger partial charge in [0.25, 0.3) is 5.91 Å². The Hall–Kier alpha value is -1.82. The van der Waals surface area contributed by atoms with E-state index in [0.717, 1.165) is 22.7 Å². The largest absolute Gasteiger partial charge is 0.298 e. The molecule has 1 amide bonds. The quantitative estimate of drug-likeness (QED) is 0.868. The molecular formula is C14H16N4OS. The first-order chi connectivity index (χ1) is 9.74. The van der Waals surface area contributed by atoms with Crippen molar-refractivity contribution in [3.63, 3.8) is 0 Å². The van der Waals surface area contributed by atoms with Crippen molar-refractivity contribution in [2.75, 3.05) is 5.75 Å². The van der Waals surface area contributed by atoms with Crippen LogP contribution >= 0.6 is 11.8 Å². The fourth-order valence-electron chi connectivity index (χ4n) is 2.36. The molecule has 104 valence electrons. The van der Waals surface area contributed by atoms with E-state index in [1.54, 1.807) is 5.01 Å². The number of hydrazone groups is 1. The summed E-state index contributed by atoms with van der Waals surface area (Å²) in [6.07, 6.45) is 0.692. The Balaban J connectivity index is 2.21. The number of rotatable bonds is 2. The zero-order chi connectivity index (χ0) is 14.1. The molecule has 1 atom stereocenters. The Bertz CT molecular complexity index is 697. The fraction of sp³-hybridized carbons (Fsp3) is 0.357. The van der Waals surface area contributed by atoms with Crippen molar-refractivity contribution < 1.29 is 4.79 Å². The topological polar surface area (TPSA) is 57.1 Å². The Labute approximate surface area is 121 Å². The minimum atomic E-state index is -0.113. The van der Waals surface area contributed by atoms with Gasteiger partial charge in [-0.25, -0.2) is 5.01 Å². The lowest BCUT2D eigenvalue weighted by Gasteiger charge is -2.33. The van der Waals surface area contributed by atoms with Gasteiger partial charge in [-0.05, 0) is 18.2 Å². The van der Waals surface area contributed by atoms with Gasteiger partial charge in [-0.15, -0.1) is 5.10 Å². The van der Waals surface area contributed by atoms with E-state index in [2.05, 4.69) is 15.4 Å². The van der Waals surface area contributed by atoms with Crippen LogP contribution in [0.2, 0.25) is 0 Å². The number of nitrogens with one attached hydrogen (secondary N) is 1. The average molecular weight is 288 g/mol. The lowest BCUT2D eigenvalue weighted by Crippen LogP contribution is -2.52. The molecule has 0 saturated carbocycles. The molecule has 2 aliphatic heterocycles. The van der Waals surface area contributed by atoms with E-state index >= 15 is 0 Å². The second kappa shape index (κ2) is 5.28. The smallest absolute Gasteiger partial charge is 0.276 e. The van der Waals surface area contributed by atoms with Crippen LogP contribution in [0.25, 0.3) is 5.70 Å². The molecule has 3 rings (SSSR count). The number of amidine groups is 1. The number of benzene rings is 1. The van der Waals surface area contributed by atoms with E-state index in [4.69, 9.17) is 0 Å². The molecule has 0 fully saturated rings. The van der Waals surface area contributed by atoms with Crippen molar-refractivity contribution in [3.05, 3.63) is 34.8 Å². The molecule has 2 aliphatic rings. The summed E-state index contributed by atoms with van der Waals surface area (Å²) in [6.45, 7) is 4.08. The zero-order valence-electron chi connectivity index (χ0n) is 11.5. The lowest BCUT2D eigenvalue weighted by molar-refractivity contribution is -0.116. The molecule has 0 bridgehead atoms. The van der Waals surface area contributed by atoms with Crippen molar-refractivity contribution in [1.29, 1.82) is 0 Å². The Morgan fingerprint density at radius 2 is 2.15 bits per heavy atom. The van der Waals surface area contributed by atoms with Crippen LogP contribution in [-0.4, -0.2) is 28.0 Å². The number of hydrogen-bond acceptors (Lipinski definition) is 5. The SMILES string of the molecule is CCSC1=NN2C(=c3ccccc3=N[C@@H]2CC)C(=O)N1. The van der Waals surface area contributed by atoms with Gasteiger partial charge in [0.2, 0.25) is 0 Å². The van der Waals surface area contributed by atoms with E-state index in [1.807, 2.05) is 38.1 Å². The van der Waals surface area contributed by atoms with Gasteiger partial charge >= 0.3 is 0 Å². The molecule has 0 saturated heterocycles. The molecule has 0 spiro atoms. The summed E-state index contributed by atoms with van der Waals surface area (Å²) in [5.74, 6) is 0.768. The van der Waals surface area contributed by atoms with Crippen LogP contribution in [-0.2, 0) is 4.79 Å². The van der Waals surface area contributed by atoms with Gasteiger partial charge in [-0.1, -0.05) is 43.8 Å². The number of thioether (sulfide) groups is 1. The molecule has 0 unspecified atom stereocenters. The Morgan fingerprint density at radius 3 is 2.90 bits per heavy atom. The summed E-state index contributed by atoms with van der Waals surface area (Å²) < 4.78 is 0. The van der Waals surface area contributed by atoms with Crippen LogP contribution in [0, 0.1) is 0 Å². The van der Waals surface area contributed by atoms with E-state index in [1.165, 1.54) is 11.8 Å². The lowest BCUT2D eigenvalue weighted by atomic mass is 10.1. The fourth-order valence-corrected chi connectivity index (χ4v) is 2.95. The minimum absolute atomic E-state index is 0.100. The number of para-hydroxylation sites is 1. The average Bonchev–Trinajstić information content (AvgIpc) is 2.46. The molecule has 1 aromatic carbocycles. The van der Waals surface area contributed by atoms with E-state index in [9.17, 15) is 4.79 Å². The Morgan fingerprint density at radius 1 is 1.35 bits per heavy atom. The number of fused-ring (bicyclic) bond motifs is 2. The highest BCUT2D eigenvalue weighted by Gasteiger charge is 2.32. The standard InChI is InChI=1S/C14H16N4OS/c1-3-11-15-10-8-6-5-7-9(10)12-13(19)16-14(20-4-2)17-18(11)12/h5-8,11H,3-4H2,1-2H3,(H,16,17,19)/t11-/m0/s1. The molecular weight excluding hydrogens is 272 g/mol. The molecule has 5 nitrogen and oxygen atoms in total. The summed E-state index contributed by atoms with van der Waals surface area (Å²) in [7, 11) is 0. The van der Waals surface area contributed by atoms with Crippen molar-refractivity contribution >= 4 is 28.5 Å². The van der Waals surface area contributed by atoms with Crippen molar-refractivity contribution in [2.24, 2.45) is 10.1 Å². The molecule has 0 aromatic heterocycles. The predicted octanol–water partition coefficient (Wildman–Crippen LogP) is 0.620. The maximum Gasteiger partial charge on any atom is 0.276 e. The summed E-state index contributed by atoms with van der Waals surface area (Å²) in [5, 5.41) is 11.5. The first-order valence-corrected chi connectivity index (χ1v) is 7.72. The molecule has 2 heterocycles. The molecule has 1 N–H and O–H groups in total. The third kappa shape index (κ3) is 2.10. The zero-order valence-corrected chi connectivity index (χ0v) is 12.3.